The van der Waals surface area contributed by atoms with Crippen LogP contribution in [0, 0.1) is 0 Å². The van der Waals surface area contributed by atoms with E-state index in [0.29, 0.717) is 5.02 Å². The predicted octanol–water partition coefficient (Wildman–Crippen LogP) is 3.57. The number of rotatable bonds is 2. The van der Waals surface area contributed by atoms with Gasteiger partial charge in [-0.2, -0.15) is 0 Å². The third-order valence-electron chi connectivity index (χ3n) is 2.07. The third kappa shape index (κ3) is 3.05. The maximum absolute atomic E-state index is 6.06. The van der Waals surface area contributed by atoms with Gasteiger partial charge in [-0.3, -0.25) is 0 Å². The van der Waals surface area contributed by atoms with Gasteiger partial charge in [0.25, 0.3) is 0 Å². The van der Waals surface area contributed by atoms with E-state index in [4.69, 9.17) is 11.6 Å². The summed E-state index contributed by atoms with van der Waals surface area (Å²) < 4.78 is 0. The molecule has 0 amide bonds. The van der Waals surface area contributed by atoms with Crippen LogP contribution in [-0.4, -0.2) is 21.3 Å². The van der Waals surface area contributed by atoms with Crippen LogP contribution in [-0.2, 0) is 0 Å². The number of hydrogen-bond donors (Lipinski definition) is 0. The minimum absolute atomic E-state index is 0.633. The molecule has 1 aromatic heterocycles. The van der Waals surface area contributed by atoms with Gasteiger partial charge in [0.15, 0.2) is 0 Å². The Bertz CT molecular complexity index is 528. The molecule has 0 saturated heterocycles. The van der Waals surface area contributed by atoms with Crippen molar-refractivity contribution in [3.63, 3.8) is 0 Å². The highest BCUT2D eigenvalue weighted by molar-refractivity contribution is 8.13. The molecule has 0 aliphatic carbocycles. The van der Waals surface area contributed by atoms with E-state index in [1.54, 1.807) is 6.20 Å². The summed E-state index contributed by atoms with van der Waals surface area (Å²) >= 11 is 7.59. The maximum Gasteiger partial charge on any atom is 0.122 e. The number of benzene rings is 1. The van der Waals surface area contributed by atoms with Gasteiger partial charge >= 0.3 is 0 Å². The lowest BCUT2D eigenvalue weighted by molar-refractivity contribution is 1.15. The number of thioether (sulfide) groups is 1. The second-order valence-corrected chi connectivity index (χ2v) is 4.37. The third-order valence-corrected chi connectivity index (χ3v) is 3.08. The lowest BCUT2D eigenvalue weighted by Gasteiger charge is -2.03. The van der Waals surface area contributed by atoms with Gasteiger partial charge in [0.2, 0.25) is 0 Å². The van der Waals surface area contributed by atoms with E-state index in [0.717, 1.165) is 16.4 Å². The molecule has 0 fully saturated rings. The molecule has 3 nitrogen and oxygen atoms in total. The lowest BCUT2D eigenvalue weighted by Crippen LogP contribution is -1.98. The van der Waals surface area contributed by atoms with Crippen molar-refractivity contribution < 1.29 is 0 Å². The first-order valence-electron chi connectivity index (χ1n) is 4.95. The van der Waals surface area contributed by atoms with E-state index in [-0.39, 0.29) is 0 Å². The van der Waals surface area contributed by atoms with Crippen LogP contribution in [0.2, 0.25) is 5.02 Å². The molecule has 0 spiro atoms. The monoisotopic (exact) mass is 263 g/mol. The summed E-state index contributed by atoms with van der Waals surface area (Å²) in [6, 6.07) is 9.30. The van der Waals surface area contributed by atoms with E-state index in [1.807, 2.05) is 36.6 Å². The van der Waals surface area contributed by atoms with Crippen molar-refractivity contribution in [2.45, 2.75) is 0 Å². The van der Waals surface area contributed by atoms with Crippen molar-refractivity contribution in [3.05, 3.63) is 53.6 Å². The standard InChI is InChI=1S/C12H10ClN3S/c1-17-12(11-6-7-14-8-15-11)16-10-5-3-2-4-9(10)13/h2-8H,1H3/b16-12-. The summed E-state index contributed by atoms with van der Waals surface area (Å²) in [5.41, 5.74) is 1.55. The Morgan fingerprint density at radius 2 is 2.12 bits per heavy atom. The van der Waals surface area contributed by atoms with E-state index in [9.17, 15) is 0 Å². The van der Waals surface area contributed by atoms with Crippen LogP contribution in [0.25, 0.3) is 0 Å². The summed E-state index contributed by atoms with van der Waals surface area (Å²) in [6.07, 6.45) is 5.16. The Balaban J connectivity index is 2.40. The van der Waals surface area contributed by atoms with Crippen molar-refractivity contribution in [1.29, 1.82) is 0 Å². The van der Waals surface area contributed by atoms with Gasteiger partial charge < -0.3 is 0 Å². The number of para-hydroxylation sites is 1. The first-order chi connectivity index (χ1) is 8.31. The first-order valence-corrected chi connectivity index (χ1v) is 6.55. The van der Waals surface area contributed by atoms with Crippen molar-refractivity contribution in [3.8, 4) is 0 Å². The molecule has 0 radical (unpaired) electrons. The number of halogens is 1. The zero-order valence-corrected chi connectivity index (χ0v) is 10.7. The molecule has 0 N–H and O–H groups in total. The molecule has 0 unspecified atom stereocenters. The van der Waals surface area contributed by atoms with Gasteiger partial charge in [-0.25, -0.2) is 15.0 Å². The van der Waals surface area contributed by atoms with Crippen LogP contribution >= 0.6 is 23.4 Å². The molecule has 0 saturated carbocycles. The number of hydrogen-bond acceptors (Lipinski definition) is 4. The molecule has 2 aromatic rings. The van der Waals surface area contributed by atoms with Crippen LogP contribution in [0.15, 0.2) is 47.8 Å². The summed E-state index contributed by atoms with van der Waals surface area (Å²) in [5.74, 6) is 0. The Morgan fingerprint density at radius 3 is 2.76 bits per heavy atom. The van der Waals surface area contributed by atoms with Crippen molar-refractivity contribution in [1.82, 2.24) is 9.97 Å². The fourth-order valence-electron chi connectivity index (χ4n) is 1.28. The summed E-state index contributed by atoms with van der Waals surface area (Å²) in [5, 5.41) is 1.45. The van der Waals surface area contributed by atoms with E-state index < -0.39 is 0 Å². The molecular formula is C12H10ClN3S. The van der Waals surface area contributed by atoms with Gasteiger partial charge in [0.1, 0.15) is 11.4 Å². The molecule has 1 aromatic carbocycles. The minimum atomic E-state index is 0.633. The van der Waals surface area contributed by atoms with Gasteiger partial charge in [-0.15, -0.1) is 11.8 Å². The Labute approximate surface area is 109 Å². The highest BCUT2D eigenvalue weighted by Gasteiger charge is 2.05. The maximum atomic E-state index is 6.06. The Morgan fingerprint density at radius 1 is 1.29 bits per heavy atom. The fourth-order valence-corrected chi connectivity index (χ4v) is 1.97. The van der Waals surface area contributed by atoms with Crippen LogP contribution in [0.1, 0.15) is 5.69 Å². The van der Waals surface area contributed by atoms with E-state index in [2.05, 4.69) is 15.0 Å². The zero-order chi connectivity index (χ0) is 12.1. The SMILES string of the molecule is CS/C(=N\c1ccccc1Cl)c1ccncn1. The summed E-state index contributed by atoms with van der Waals surface area (Å²) in [4.78, 5) is 12.6. The topological polar surface area (TPSA) is 38.1 Å². The summed E-state index contributed by atoms with van der Waals surface area (Å²) in [6.45, 7) is 0. The molecule has 0 aliphatic heterocycles. The largest absolute Gasteiger partial charge is 0.245 e. The number of aromatic nitrogens is 2. The summed E-state index contributed by atoms with van der Waals surface area (Å²) in [7, 11) is 0. The molecule has 1 heterocycles. The zero-order valence-electron chi connectivity index (χ0n) is 9.17. The van der Waals surface area contributed by atoms with Gasteiger partial charge in [0, 0.05) is 6.20 Å². The lowest BCUT2D eigenvalue weighted by atomic mass is 10.3. The Hall–Kier alpha value is -1.39. The molecule has 0 atom stereocenters. The minimum Gasteiger partial charge on any atom is -0.245 e. The molecule has 2 rings (SSSR count). The molecule has 86 valence electrons. The second kappa shape index (κ2) is 5.80. The Kier molecular flexibility index (Phi) is 4.12. The highest BCUT2D eigenvalue weighted by Crippen LogP contribution is 2.26. The van der Waals surface area contributed by atoms with Gasteiger partial charge in [-0.1, -0.05) is 23.7 Å². The number of nitrogens with zero attached hydrogens (tertiary/aromatic N) is 3. The smallest absolute Gasteiger partial charge is 0.122 e. The van der Waals surface area contributed by atoms with Crippen LogP contribution < -0.4 is 0 Å². The van der Waals surface area contributed by atoms with Gasteiger partial charge in [0.05, 0.1) is 16.4 Å². The quantitative estimate of drug-likeness (QED) is 0.614. The molecule has 17 heavy (non-hydrogen) atoms. The second-order valence-electron chi connectivity index (χ2n) is 3.17. The van der Waals surface area contributed by atoms with Crippen molar-refractivity contribution in [2.75, 3.05) is 6.26 Å². The van der Waals surface area contributed by atoms with E-state index >= 15 is 0 Å². The van der Waals surface area contributed by atoms with Gasteiger partial charge in [-0.05, 0) is 24.5 Å². The fraction of sp³-hybridized carbons (Fsp3) is 0.0833. The molecular weight excluding hydrogens is 254 g/mol. The van der Waals surface area contributed by atoms with E-state index in [1.165, 1.54) is 18.1 Å². The number of aliphatic imine (C=N–C) groups is 1. The van der Waals surface area contributed by atoms with Crippen molar-refractivity contribution >= 4 is 34.1 Å². The van der Waals surface area contributed by atoms with Crippen LogP contribution in [0.4, 0.5) is 5.69 Å². The predicted molar refractivity (Wildman–Crippen MR) is 73.2 cm³/mol. The average molecular weight is 264 g/mol. The van der Waals surface area contributed by atoms with Crippen molar-refractivity contribution in [2.24, 2.45) is 4.99 Å². The molecule has 5 heteroatoms. The normalized spacial score (nSPS) is 11.5. The first kappa shape index (κ1) is 12.1. The van der Waals surface area contributed by atoms with Crippen LogP contribution in [0.5, 0.6) is 0 Å². The van der Waals surface area contributed by atoms with Crippen LogP contribution in [0.3, 0.4) is 0 Å². The molecule has 0 aliphatic rings. The highest BCUT2D eigenvalue weighted by atomic mass is 35.5. The molecule has 0 bridgehead atoms. The average Bonchev–Trinajstić information content (AvgIpc) is 2.39.